The fraction of sp³-hybridized carbons (Fsp3) is 0.250. The molecule has 1 atom stereocenters. The van der Waals surface area contributed by atoms with Crippen LogP contribution in [0.2, 0.25) is 0 Å². The highest BCUT2D eigenvalue weighted by Gasteiger charge is 2.27. The quantitative estimate of drug-likeness (QED) is 0.570. The van der Waals surface area contributed by atoms with Crippen molar-refractivity contribution in [2.24, 2.45) is 11.0 Å². The summed E-state index contributed by atoms with van der Waals surface area (Å²) in [4.78, 5) is 31.4. The van der Waals surface area contributed by atoms with Crippen molar-refractivity contribution in [1.82, 2.24) is 15.3 Å². The molecule has 2 amide bonds. The van der Waals surface area contributed by atoms with Crippen molar-refractivity contribution < 1.29 is 23.5 Å². The molecule has 9 heteroatoms. The van der Waals surface area contributed by atoms with E-state index in [0.29, 0.717) is 43.2 Å². The van der Waals surface area contributed by atoms with Gasteiger partial charge < -0.3 is 18.8 Å². The van der Waals surface area contributed by atoms with Crippen molar-refractivity contribution >= 4 is 18.0 Å². The smallest absolute Gasteiger partial charge is 0.276 e. The van der Waals surface area contributed by atoms with Gasteiger partial charge in [0, 0.05) is 30.4 Å². The molecule has 0 fully saturated rings. The largest absolute Gasteiger partial charge is 0.454 e. The second kappa shape index (κ2) is 9.15. The zero-order chi connectivity index (χ0) is 22.6. The first kappa shape index (κ1) is 20.7. The number of nitrogens with zero attached hydrogens (tertiary/aromatic N) is 3. The molecule has 3 aromatic rings. The summed E-state index contributed by atoms with van der Waals surface area (Å²) in [6.45, 7) is 0.872. The van der Waals surface area contributed by atoms with E-state index in [9.17, 15) is 9.59 Å². The lowest BCUT2D eigenvalue weighted by Gasteiger charge is -2.23. The van der Waals surface area contributed by atoms with Gasteiger partial charge in [-0.3, -0.25) is 9.59 Å². The van der Waals surface area contributed by atoms with E-state index >= 15 is 0 Å². The number of oxazole rings is 1. The van der Waals surface area contributed by atoms with Gasteiger partial charge in [0.15, 0.2) is 29.3 Å². The number of aromatic nitrogens is 1. The molecule has 2 aliphatic heterocycles. The van der Waals surface area contributed by atoms with E-state index in [1.165, 1.54) is 6.39 Å². The van der Waals surface area contributed by atoms with Gasteiger partial charge in [0.05, 0.1) is 5.92 Å². The number of carbonyl (C=O) groups is 2. The van der Waals surface area contributed by atoms with Crippen molar-refractivity contribution in [2.45, 2.75) is 19.4 Å². The van der Waals surface area contributed by atoms with Gasteiger partial charge in [-0.1, -0.05) is 42.5 Å². The standard InChI is InChI=1S/C24H22N4O5/c29-23-17(12-26-27-23)9-5-11-28(13-18-8-4-10-19-21(18)33-15-32-19)24(30)20-22(31-14-25-20)16-6-2-1-3-7-16/h1-4,6-8,10,12,14,17H,5,9,11,13,15H2,(H,27,29). The zero-order valence-electron chi connectivity index (χ0n) is 17.8. The van der Waals surface area contributed by atoms with Crippen LogP contribution in [0.3, 0.4) is 0 Å². The molecule has 2 aliphatic rings. The first-order valence-corrected chi connectivity index (χ1v) is 10.7. The zero-order valence-corrected chi connectivity index (χ0v) is 17.8. The van der Waals surface area contributed by atoms with Gasteiger partial charge in [-0.15, -0.1) is 0 Å². The second-order valence-electron chi connectivity index (χ2n) is 7.78. The van der Waals surface area contributed by atoms with E-state index in [-0.39, 0.29) is 30.2 Å². The van der Waals surface area contributed by atoms with Crippen LogP contribution in [-0.4, -0.2) is 41.3 Å². The molecule has 1 N–H and O–H groups in total. The molecular weight excluding hydrogens is 424 g/mol. The second-order valence-corrected chi connectivity index (χ2v) is 7.78. The number of rotatable bonds is 8. The molecule has 3 heterocycles. The normalized spacial score (nSPS) is 16.1. The summed E-state index contributed by atoms with van der Waals surface area (Å²) in [5.41, 5.74) is 4.29. The van der Waals surface area contributed by atoms with Crippen LogP contribution in [0.1, 0.15) is 28.9 Å². The fourth-order valence-electron chi connectivity index (χ4n) is 3.96. The van der Waals surface area contributed by atoms with Gasteiger partial charge in [-0.2, -0.15) is 5.10 Å². The highest BCUT2D eigenvalue weighted by atomic mass is 16.7. The van der Waals surface area contributed by atoms with Gasteiger partial charge in [-0.05, 0) is 18.9 Å². The number of hydrogen-bond acceptors (Lipinski definition) is 7. The third-order valence-corrected chi connectivity index (χ3v) is 5.64. The molecule has 2 aromatic carbocycles. The number of amides is 2. The molecule has 1 aromatic heterocycles. The topological polar surface area (TPSA) is 106 Å². The van der Waals surface area contributed by atoms with E-state index in [0.717, 1.165) is 11.1 Å². The lowest BCUT2D eigenvalue weighted by molar-refractivity contribution is -0.122. The molecule has 0 saturated carbocycles. The van der Waals surface area contributed by atoms with Crippen LogP contribution >= 0.6 is 0 Å². The molecule has 1 unspecified atom stereocenters. The number of hydrogen-bond donors (Lipinski definition) is 1. The van der Waals surface area contributed by atoms with Gasteiger partial charge >= 0.3 is 0 Å². The molecule has 0 saturated heterocycles. The molecule has 0 aliphatic carbocycles. The summed E-state index contributed by atoms with van der Waals surface area (Å²) in [7, 11) is 0. The summed E-state index contributed by atoms with van der Waals surface area (Å²) in [5, 5.41) is 3.81. The van der Waals surface area contributed by atoms with Crippen LogP contribution < -0.4 is 14.9 Å². The number of carbonyl (C=O) groups excluding carboxylic acids is 2. The van der Waals surface area contributed by atoms with Gasteiger partial charge in [-0.25, -0.2) is 10.4 Å². The van der Waals surface area contributed by atoms with E-state index in [4.69, 9.17) is 13.9 Å². The van der Waals surface area contributed by atoms with E-state index in [1.807, 2.05) is 48.5 Å². The predicted octanol–water partition coefficient (Wildman–Crippen LogP) is 3.22. The van der Waals surface area contributed by atoms with Crippen molar-refractivity contribution in [3.05, 3.63) is 66.2 Å². The molecular formula is C24H22N4O5. The van der Waals surface area contributed by atoms with E-state index in [2.05, 4.69) is 15.5 Å². The lowest BCUT2D eigenvalue weighted by Crippen LogP contribution is -2.33. The minimum atomic E-state index is -0.286. The summed E-state index contributed by atoms with van der Waals surface area (Å²) in [6, 6.07) is 15.0. The van der Waals surface area contributed by atoms with Gasteiger partial charge in [0.25, 0.3) is 5.91 Å². The molecule has 5 rings (SSSR count). The van der Waals surface area contributed by atoms with Crippen LogP contribution in [0.4, 0.5) is 0 Å². The summed E-state index contributed by atoms with van der Waals surface area (Å²) in [6.07, 6.45) is 4.08. The van der Waals surface area contributed by atoms with E-state index < -0.39 is 0 Å². The average Bonchev–Trinajstić information content (AvgIpc) is 3.60. The maximum Gasteiger partial charge on any atom is 0.276 e. The highest BCUT2D eigenvalue weighted by Crippen LogP contribution is 2.36. The Labute approximate surface area is 190 Å². The third-order valence-electron chi connectivity index (χ3n) is 5.64. The third kappa shape index (κ3) is 4.30. The van der Waals surface area contributed by atoms with Gasteiger partial charge in [0.2, 0.25) is 12.7 Å². The maximum absolute atomic E-state index is 13.6. The summed E-state index contributed by atoms with van der Waals surface area (Å²) >= 11 is 0. The Balaban J connectivity index is 1.39. The van der Waals surface area contributed by atoms with Crippen LogP contribution in [0.15, 0.2) is 64.4 Å². The molecule has 33 heavy (non-hydrogen) atoms. The maximum atomic E-state index is 13.6. The fourth-order valence-corrected chi connectivity index (χ4v) is 3.96. The number of benzene rings is 2. The van der Waals surface area contributed by atoms with Crippen molar-refractivity contribution in [3.63, 3.8) is 0 Å². The SMILES string of the molecule is O=C1NN=CC1CCCN(Cc1cccc2c1OCO2)C(=O)c1ncoc1-c1ccccc1. The Hall–Kier alpha value is -4.14. The Morgan fingerprint density at radius 1 is 1.12 bits per heavy atom. The number of para-hydroxylation sites is 1. The van der Waals surface area contributed by atoms with Crippen LogP contribution in [0, 0.1) is 5.92 Å². The first-order chi connectivity index (χ1) is 16.2. The van der Waals surface area contributed by atoms with Crippen LogP contribution in [0.25, 0.3) is 11.3 Å². The average molecular weight is 446 g/mol. The lowest BCUT2D eigenvalue weighted by atomic mass is 10.0. The number of ether oxygens (including phenoxy) is 2. The van der Waals surface area contributed by atoms with Crippen LogP contribution in [-0.2, 0) is 11.3 Å². The molecule has 0 bridgehead atoms. The molecule has 9 nitrogen and oxygen atoms in total. The minimum Gasteiger partial charge on any atom is -0.454 e. The Morgan fingerprint density at radius 3 is 2.82 bits per heavy atom. The van der Waals surface area contributed by atoms with Gasteiger partial charge in [0.1, 0.15) is 0 Å². The molecule has 0 radical (unpaired) electrons. The monoisotopic (exact) mass is 446 g/mol. The first-order valence-electron chi connectivity index (χ1n) is 10.7. The summed E-state index contributed by atoms with van der Waals surface area (Å²) in [5.74, 6) is 1.05. The minimum absolute atomic E-state index is 0.123. The molecule has 168 valence electrons. The van der Waals surface area contributed by atoms with E-state index in [1.54, 1.807) is 11.1 Å². The Bertz CT molecular complexity index is 1190. The summed E-state index contributed by atoms with van der Waals surface area (Å²) < 4.78 is 16.7. The van der Waals surface area contributed by atoms with Crippen LogP contribution in [0.5, 0.6) is 11.5 Å². The molecule has 0 spiro atoms. The Morgan fingerprint density at radius 2 is 2.00 bits per heavy atom. The van der Waals surface area contributed by atoms with Crippen molar-refractivity contribution in [3.8, 4) is 22.8 Å². The highest BCUT2D eigenvalue weighted by molar-refractivity contribution is 5.98. The predicted molar refractivity (Wildman–Crippen MR) is 119 cm³/mol. The Kier molecular flexibility index (Phi) is 5.75. The number of nitrogens with one attached hydrogen (secondary N) is 1. The number of fused-ring (bicyclic) bond motifs is 1. The van der Waals surface area contributed by atoms with Crippen molar-refractivity contribution in [1.29, 1.82) is 0 Å². The number of hydrazone groups is 1. The van der Waals surface area contributed by atoms with Crippen molar-refractivity contribution in [2.75, 3.05) is 13.3 Å².